The molecule has 0 aliphatic heterocycles. The van der Waals surface area contributed by atoms with Crippen LogP contribution in [0.4, 0.5) is 0 Å². The first-order chi connectivity index (χ1) is 7.92. The Morgan fingerprint density at radius 3 is 3.00 bits per heavy atom. The van der Waals surface area contributed by atoms with E-state index in [1.54, 1.807) is 0 Å². The van der Waals surface area contributed by atoms with Gasteiger partial charge in [-0.1, -0.05) is 43.2 Å². The molecule has 0 spiro atoms. The van der Waals surface area contributed by atoms with Crippen LogP contribution in [0.1, 0.15) is 32.6 Å². The predicted molar refractivity (Wildman–Crippen MR) is 67.0 cm³/mol. The fourth-order valence-corrected chi connectivity index (χ4v) is 1.68. The van der Waals surface area contributed by atoms with Crippen LogP contribution in [0.25, 0.3) is 17.2 Å². The van der Waals surface area contributed by atoms with Crippen LogP contribution in [0, 0.1) is 0 Å². The van der Waals surface area contributed by atoms with Crippen molar-refractivity contribution in [1.82, 2.24) is 15.0 Å². The van der Waals surface area contributed by atoms with Crippen molar-refractivity contribution in [3.63, 3.8) is 0 Å². The number of hydrogen-bond donors (Lipinski definition) is 0. The van der Waals surface area contributed by atoms with Crippen molar-refractivity contribution < 1.29 is 0 Å². The van der Waals surface area contributed by atoms with E-state index in [9.17, 15) is 0 Å². The van der Waals surface area contributed by atoms with Crippen molar-refractivity contribution in [2.75, 3.05) is 0 Å². The van der Waals surface area contributed by atoms with E-state index in [0.717, 1.165) is 17.5 Å². The average Bonchev–Trinajstić information content (AvgIpc) is 2.73. The number of nitrogens with zero attached hydrogens (tertiary/aromatic N) is 3. The lowest BCUT2D eigenvalue weighted by Gasteiger charge is -1.94. The lowest BCUT2D eigenvalue weighted by molar-refractivity contribution is 0.728. The summed E-state index contributed by atoms with van der Waals surface area (Å²) in [5.41, 5.74) is 2.01. The van der Waals surface area contributed by atoms with Gasteiger partial charge in [0.05, 0.1) is 5.52 Å². The van der Waals surface area contributed by atoms with Gasteiger partial charge in [-0.3, -0.25) is 0 Å². The van der Waals surface area contributed by atoms with Crippen molar-refractivity contribution >= 4 is 17.2 Å². The molecule has 0 bridgehead atoms. The Hall–Kier alpha value is -1.64. The van der Waals surface area contributed by atoms with Gasteiger partial charge in [0, 0.05) is 6.20 Å². The first kappa shape index (κ1) is 10.9. The molecule has 0 aliphatic carbocycles. The summed E-state index contributed by atoms with van der Waals surface area (Å²) in [6, 6.07) is 7.99. The topological polar surface area (TPSA) is 30.7 Å². The van der Waals surface area contributed by atoms with Gasteiger partial charge in [-0.15, -0.1) is 5.10 Å². The summed E-state index contributed by atoms with van der Waals surface area (Å²) >= 11 is 0. The van der Waals surface area contributed by atoms with Crippen molar-refractivity contribution in [1.29, 1.82) is 0 Å². The van der Waals surface area contributed by atoms with E-state index in [1.165, 1.54) is 19.3 Å². The van der Waals surface area contributed by atoms with E-state index >= 15 is 0 Å². The Balaban J connectivity index is 2.04. The highest BCUT2D eigenvalue weighted by atomic mass is 15.4. The minimum absolute atomic E-state index is 0.945. The molecule has 1 aromatic carbocycles. The summed E-state index contributed by atoms with van der Waals surface area (Å²) in [6.45, 7) is 2.22. The predicted octanol–water partition coefficient (Wildman–Crippen LogP) is 3.48. The second-order valence-electron chi connectivity index (χ2n) is 3.90. The third-order valence-corrected chi connectivity index (χ3v) is 2.60. The lowest BCUT2D eigenvalue weighted by Crippen LogP contribution is -1.88. The van der Waals surface area contributed by atoms with Gasteiger partial charge < -0.3 is 0 Å². The largest absolute Gasteiger partial charge is 0.220 e. The van der Waals surface area contributed by atoms with Gasteiger partial charge in [0.15, 0.2) is 0 Å². The Morgan fingerprint density at radius 2 is 2.12 bits per heavy atom. The van der Waals surface area contributed by atoms with Crippen LogP contribution in [-0.4, -0.2) is 15.0 Å². The van der Waals surface area contributed by atoms with E-state index in [1.807, 2.05) is 35.1 Å². The maximum Gasteiger partial charge on any atom is 0.113 e. The van der Waals surface area contributed by atoms with E-state index in [0.29, 0.717) is 0 Å². The van der Waals surface area contributed by atoms with Gasteiger partial charge in [-0.25, -0.2) is 4.68 Å². The summed E-state index contributed by atoms with van der Waals surface area (Å²) in [4.78, 5) is 0. The Morgan fingerprint density at radius 1 is 1.25 bits per heavy atom. The van der Waals surface area contributed by atoms with Crippen LogP contribution < -0.4 is 0 Å². The van der Waals surface area contributed by atoms with Crippen LogP contribution in [0.3, 0.4) is 0 Å². The number of aromatic nitrogens is 3. The summed E-state index contributed by atoms with van der Waals surface area (Å²) < 4.78 is 1.83. The molecule has 3 heteroatoms. The highest BCUT2D eigenvalue weighted by Gasteiger charge is 1.98. The monoisotopic (exact) mass is 215 g/mol. The number of benzene rings is 1. The molecular weight excluding hydrogens is 198 g/mol. The zero-order chi connectivity index (χ0) is 11.2. The SMILES string of the molecule is CCCCCC=Cn1nnc2ccccc21. The third kappa shape index (κ3) is 2.48. The first-order valence-corrected chi connectivity index (χ1v) is 5.88. The molecule has 16 heavy (non-hydrogen) atoms. The molecule has 0 atom stereocenters. The molecule has 0 amide bonds. The molecule has 0 radical (unpaired) electrons. The first-order valence-electron chi connectivity index (χ1n) is 5.88. The second-order valence-corrected chi connectivity index (χ2v) is 3.90. The van der Waals surface area contributed by atoms with Gasteiger partial charge in [0.25, 0.3) is 0 Å². The van der Waals surface area contributed by atoms with E-state index < -0.39 is 0 Å². The van der Waals surface area contributed by atoms with Gasteiger partial charge in [-0.2, -0.15) is 0 Å². The van der Waals surface area contributed by atoms with Crippen molar-refractivity contribution in [3.8, 4) is 0 Å². The maximum absolute atomic E-state index is 4.10. The van der Waals surface area contributed by atoms with Gasteiger partial charge in [0.2, 0.25) is 0 Å². The van der Waals surface area contributed by atoms with Crippen LogP contribution in [0.5, 0.6) is 0 Å². The molecule has 84 valence electrons. The second kappa shape index (κ2) is 5.45. The van der Waals surface area contributed by atoms with Gasteiger partial charge >= 0.3 is 0 Å². The zero-order valence-electron chi connectivity index (χ0n) is 9.63. The van der Waals surface area contributed by atoms with E-state index in [2.05, 4.69) is 23.3 Å². The highest BCUT2D eigenvalue weighted by Crippen LogP contribution is 2.10. The smallest absolute Gasteiger partial charge is 0.113 e. The quantitative estimate of drug-likeness (QED) is 0.715. The van der Waals surface area contributed by atoms with Crippen molar-refractivity contribution in [3.05, 3.63) is 30.3 Å². The molecule has 0 saturated heterocycles. The van der Waals surface area contributed by atoms with Crippen LogP contribution in [-0.2, 0) is 0 Å². The van der Waals surface area contributed by atoms with Crippen molar-refractivity contribution in [2.45, 2.75) is 32.6 Å². The molecule has 2 aromatic rings. The number of rotatable bonds is 5. The maximum atomic E-state index is 4.10. The molecular formula is C13H17N3. The molecule has 1 heterocycles. The summed E-state index contributed by atoms with van der Waals surface area (Å²) in [7, 11) is 0. The normalized spacial score (nSPS) is 11.6. The minimum Gasteiger partial charge on any atom is -0.220 e. The Labute approximate surface area is 95.8 Å². The summed E-state index contributed by atoms with van der Waals surface area (Å²) in [5, 5.41) is 8.19. The zero-order valence-corrected chi connectivity index (χ0v) is 9.63. The molecule has 2 rings (SSSR count). The van der Waals surface area contributed by atoms with E-state index in [-0.39, 0.29) is 0 Å². The number of unbranched alkanes of at least 4 members (excludes halogenated alkanes) is 3. The summed E-state index contributed by atoms with van der Waals surface area (Å²) in [6.07, 6.45) is 9.09. The lowest BCUT2D eigenvalue weighted by atomic mass is 10.2. The molecule has 3 nitrogen and oxygen atoms in total. The third-order valence-electron chi connectivity index (χ3n) is 2.60. The fraction of sp³-hybridized carbons (Fsp3) is 0.385. The molecule has 0 aliphatic rings. The molecule has 0 N–H and O–H groups in total. The number of para-hydroxylation sites is 1. The molecule has 0 fully saturated rings. The number of fused-ring (bicyclic) bond motifs is 1. The van der Waals surface area contributed by atoms with Gasteiger partial charge in [0.1, 0.15) is 5.52 Å². The minimum atomic E-state index is 0.945. The molecule has 0 unspecified atom stereocenters. The van der Waals surface area contributed by atoms with E-state index in [4.69, 9.17) is 0 Å². The number of allylic oxidation sites excluding steroid dienone is 1. The van der Waals surface area contributed by atoms with Gasteiger partial charge in [-0.05, 0) is 25.0 Å². The van der Waals surface area contributed by atoms with Crippen LogP contribution in [0.15, 0.2) is 30.3 Å². The Bertz CT molecular complexity index is 471. The standard InChI is InChI=1S/C13H17N3/c1-2-3-4-5-8-11-16-13-10-7-6-9-12(13)14-15-16/h6-11H,2-5H2,1H3. The van der Waals surface area contributed by atoms with Crippen molar-refractivity contribution in [2.24, 2.45) is 0 Å². The number of hydrogen-bond acceptors (Lipinski definition) is 2. The Kier molecular flexibility index (Phi) is 3.70. The van der Waals surface area contributed by atoms with Crippen LogP contribution in [0.2, 0.25) is 0 Å². The highest BCUT2D eigenvalue weighted by molar-refractivity contribution is 5.75. The fourth-order valence-electron chi connectivity index (χ4n) is 1.68. The van der Waals surface area contributed by atoms with Crippen LogP contribution >= 0.6 is 0 Å². The summed E-state index contributed by atoms with van der Waals surface area (Å²) in [5.74, 6) is 0. The molecule has 1 aromatic heterocycles. The average molecular weight is 215 g/mol. The molecule has 0 saturated carbocycles.